The Labute approximate surface area is 179 Å². The first kappa shape index (κ1) is 23.4. The van der Waals surface area contributed by atoms with Gasteiger partial charge in [0.05, 0.1) is 6.54 Å². The highest BCUT2D eigenvalue weighted by atomic mass is 127. The number of likely N-dealkylation sites (tertiary alicyclic amines) is 1. The lowest BCUT2D eigenvalue weighted by Crippen LogP contribution is -2.44. The van der Waals surface area contributed by atoms with Gasteiger partial charge in [-0.3, -0.25) is 19.5 Å². The van der Waals surface area contributed by atoms with Gasteiger partial charge in [-0.05, 0) is 38.7 Å². The summed E-state index contributed by atoms with van der Waals surface area (Å²) in [7, 11) is 0. The number of aliphatic imine (C=N–C) groups is 1. The zero-order valence-electron chi connectivity index (χ0n) is 16.2. The Bertz CT molecular complexity index is 606. The Morgan fingerprint density at radius 2 is 1.85 bits per heavy atom. The van der Waals surface area contributed by atoms with E-state index >= 15 is 0 Å². The van der Waals surface area contributed by atoms with Crippen molar-refractivity contribution in [3.8, 4) is 0 Å². The molecule has 1 aromatic carbocycles. The van der Waals surface area contributed by atoms with Crippen molar-refractivity contribution in [3.05, 3.63) is 35.9 Å². The van der Waals surface area contributed by atoms with Gasteiger partial charge in [0.15, 0.2) is 5.96 Å². The average molecular weight is 486 g/mol. The largest absolute Gasteiger partial charge is 0.357 e. The highest BCUT2D eigenvalue weighted by molar-refractivity contribution is 14.0. The summed E-state index contributed by atoms with van der Waals surface area (Å²) < 4.78 is 0. The number of hydrogen-bond donors (Lipinski definition) is 2. The van der Waals surface area contributed by atoms with E-state index in [9.17, 15) is 9.59 Å². The number of imide groups is 1. The molecular formula is C20H31IN4O2. The van der Waals surface area contributed by atoms with Crippen LogP contribution in [0.5, 0.6) is 0 Å². The summed E-state index contributed by atoms with van der Waals surface area (Å²) in [4.78, 5) is 29.5. The Hall–Kier alpha value is -1.64. The number of nitrogens with zero attached hydrogens (tertiary/aromatic N) is 2. The van der Waals surface area contributed by atoms with E-state index in [4.69, 9.17) is 0 Å². The molecular weight excluding hydrogens is 455 g/mol. The van der Waals surface area contributed by atoms with Gasteiger partial charge in [0.1, 0.15) is 0 Å². The SMILES string of the molecule is CCNC(=NCCN1C(=O)CCCC1=O)NC(C)CCc1ccccc1.I. The molecule has 7 heteroatoms. The van der Waals surface area contributed by atoms with E-state index in [1.807, 2.05) is 13.0 Å². The fourth-order valence-electron chi connectivity index (χ4n) is 2.96. The average Bonchev–Trinajstić information content (AvgIpc) is 2.63. The van der Waals surface area contributed by atoms with E-state index in [1.54, 1.807) is 0 Å². The van der Waals surface area contributed by atoms with Crippen LogP contribution < -0.4 is 10.6 Å². The molecule has 2 amide bonds. The summed E-state index contributed by atoms with van der Waals surface area (Å²) in [6.45, 7) is 5.68. The van der Waals surface area contributed by atoms with Gasteiger partial charge < -0.3 is 10.6 Å². The molecule has 1 heterocycles. The van der Waals surface area contributed by atoms with Crippen LogP contribution in [-0.2, 0) is 16.0 Å². The van der Waals surface area contributed by atoms with Crippen LogP contribution in [-0.4, -0.2) is 48.3 Å². The van der Waals surface area contributed by atoms with Crippen LogP contribution in [0.4, 0.5) is 0 Å². The molecule has 1 aliphatic rings. The lowest BCUT2D eigenvalue weighted by Gasteiger charge is -2.24. The van der Waals surface area contributed by atoms with E-state index in [0.717, 1.165) is 25.3 Å². The molecule has 2 N–H and O–H groups in total. The summed E-state index contributed by atoms with van der Waals surface area (Å²) in [6, 6.07) is 10.7. The van der Waals surface area contributed by atoms with Crippen LogP contribution in [0.25, 0.3) is 0 Å². The van der Waals surface area contributed by atoms with Crippen molar-refractivity contribution in [2.24, 2.45) is 4.99 Å². The van der Waals surface area contributed by atoms with Gasteiger partial charge in [0, 0.05) is 32.0 Å². The number of halogens is 1. The second-order valence-electron chi connectivity index (χ2n) is 6.62. The minimum absolute atomic E-state index is 0. The minimum atomic E-state index is -0.0781. The number of amides is 2. The van der Waals surface area contributed by atoms with Crippen LogP contribution in [0.15, 0.2) is 35.3 Å². The second-order valence-corrected chi connectivity index (χ2v) is 6.62. The molecule has 0 bridgehead atoms. The number of nitrogens with one attached hydrogen (secondary N) is 2. The summed E-state index contributed by atoms with van der Waals surface area (Å²) in [5, 5.41) is 6.62. The van der Waals surface area contributed by atoms with Crippen molar-refractivity contribution < 1.29 is 9.59 Å². The number of carbonyl (C=O) groups is 2. The molecule has 1 unspecified atom stereocenters. The molecule has 1 aromatic rings. The first-order valence-electron chi connectivity index (χ1n) is 9.52. The van der Waals surface area contributed by atoms with Gasteiger partial charge in [0.25, 0.3) is 0 Å². The molecule has 0 spiro atoms. The molecule has 27 heavy (non-hydrogen) atoms. The summed E-state index contributed by atoms with van der Waals surface area (Å²) in [5.74, 6) is 0.571. The molecule has 2 rings (SSSR count). The molecule has 1 fully saturated rings. The fraction of sp³-hybridized carbons (Fsp3) is 0.550. The van der Waals surface area contributed by atoms with E-state index < -0.39 is 0 Å². The maximum absolute atomic E-state index is 11.8. The topological polar surface area (TPSA) is 73.8 Å². The Kier molecular flexibility index (Phi) is 11.0. The van der Waals surface area contributed by atoms with Crippen LogP contribution in [0.3, 0.4) is 0 Å². The molecule has 0 aliphatic carbocycles. The fourth-order valence-corrected chi connectivity index (χ4v) is 2.96. The van der Waals surface area contributed by atoms with Crippen molar-refractivity contribution >= 4 is 41.8 Å². The lowest BCUT2D eigenvalue weighted by atomic mass is 10.1. The summed E-state index contributed by atoms with van der Waals surface area (Å²) in [6.07, 6.45) is 3.60. The molecule has 150 valence electrons. The first-order chi connectivity index (χ1) is 12.6. The molecule has 1 atom stereocenters. The smallest absolute Gasteiger partial charge is 0.229 e. The third-order valence-electron chi connectivity index (χ3n) is 4.41. The number of guanidine groups is 1. The maximum Gasteiger partial charge on any atom is 0.229 e. The van der Waals surface area contributed by atoms with E-state index in [0.29, 0.717) is 32.4 Å². The van der Waals surface area contributed by atoms with Gasteiger partial charge in [-0.1, -0.05) is 30.3 Å². The van der Waals surface area contributed by atoms with Gasteiger partial charge >= 0.3 is 0 Å². The van der Waals surface area contributed by atoms with Crippen molar-refractivity contribution in [3.63, 3.8) is 0 Å². The predicted octanol–water partition coefficient (Wildman–Crippen LogP) is 2.72. The van der Waals surface area contributed by atoms with Gasteiger partial charge in [-0.2, -0.15) is 0 Å². The van der Waals surface area contributed by atoms with E-state index in [-0.39, 0.29) is 41.8 Å². The Morgan fingerprint density at radius 1 is 1.19 bits per heavy atom. The summed E-state index contributed by atoms with van der Waals surface area (Å²) in [5.41, 5.74) is 1.32. The molecule has 0 aromatic heterocycles. The molecule has 0 saturated carbocycles. The first-order valence-corrected chi connectivity index (χ1v) is 9.52. The zero-order chi connectivity index (χ0) is 18.8. The normalized spacial score (nSPS) is 15.9. The highest BCUT2D eigenvalue weighted by Gasteiger charge is 2.25. The van der Waals surface area contributed by atoms with Crippen LogP contribution in [0, 0.1) is 0 Å². The second kappa shape index (κ2) is 12.7. The Morgan fingerprint density at radius 3 is 2.48 bits per heavy atom. The minimum Gasteiger partial charge on any atom is -0.357 e. The monoisotopic (exact) mass is 486 g/mol. The van der Waals surface area contributed by atoms with Gasteiger partial charge in [0.2, 0.25) is 11.8 Å². The number of benzene rings is 1. The van der Waals surface area contributed by atoms with E-state index in [2.05, 4.69) is 46.8 Å². The highest BCUT2D eigenvalue weighted by Crippen LogP contribution is 2.11. The van der Waals surface area contributed by atoms with Crippen LogP contribution >= 0.6 is 24.0 Å². The number of rotatable bonds is 8. The number of piperidine rings is 1. The zero-order valence-corrected chi connectivity index (χ0v) is 18.6. The van der Waals surface area contributed by atoms with E-state index in [1.165, 1.54) is 10.5 Å². The maximum atomic E-state index is 11.8. The molecule has 6 nitrogen and oxygen atoms in total. The predicted molar refractivity (Wildman–Crippen MR) is 119 cm³/mol. The number of hydrogen-bond acceptors (Lipinski definition) is 3. The van der Waals surface area contributed by atoms with Crippen LogP contribution in [0.1, 0.15) is 45.1 Å². The molecule has 0 radical (unpaired) electrons. The summed E-state index contributed by atoms with van der Waals surface area (Å²) >= 11 is 0. The third kappa shape index (κ3) is 8.28. The quantitative estimate of drug-likeness (QED) is 0.257. The standard InChI is InChI=1S/C20H30N4O2.HI/c1-3-21-20(22-14-15-24-18(25)10-7-11-19(24)26)23-16(2)12-13-17-8-5-4-6-9-17;/h4-6,8-9,16H,3,7,10-15H2,1-2H3,(H2,21,22,23);1H. The lowest BCUT2D eigenvalue weighted by molar-refractivity contribution is -0.147. The van der Waals surface area contributed by atoms with Gasteiger partial charge in [-0.15, -0.1) is 24.0 Å². The van der Waals surface area contributed by atoms with Crippen molar-refractivity contribution in [1.29, 1.82) is 0 Å². The van der Waals surface area contributed by atoms with Gasteiger partial charge in [-0.25, -0.2) is 0 Å². The number of carbonyl (C=O) groups excluding carboxylic acids is 2. The third-order valence-corrected chi connectivity index (χ3v) is 4.41. The number of aryl methyl sites for hydroxylation is 1. The molecule has 1 aliphatic heterocycles. The van der Waals surface area contributed by atoms with Crippen molar-refractivity contribution in [2.45, 2.75) is 52.0 Å². The Balaban J connectivity index is 0.00000364. The van der Waals surface area contributed by atoms with Crippen molar-refractivity contribution in [1.82, 2.24) is 15.5 Å². The van der Waals surface area contributed by atoms with Crippen molar-refractivity contribution in [2.75, 3.05) is 19.6 Å². The van der Waals surface area contributed by atoms with Crippen LogP contribution in [0.2, 0.25) is 0 Å². The molecule has 1 saturated heterocycles.